The van der Waals surface area contributed by atoms with E-state index in [1.54, 1.807) is 13.3 Å². The highest BCUT2D eigenvalue weighted by atomic mass is 16.5. The topological polar surface area (TPSA) is 48.1 Å². The van der Waals surface area contributed by atoms with E-state index in [2.05, 4.69) is 18.8 Å². The van der Waals surface area contributed by atoms with E-state index in [0.717, 1.165) is 11.3 Å². The molecule has 0 atom stereocenters. The van der Waals surface area contributed by atoms with Crippen molar-refractivity contribution in [2.45, 2.75) is 19.8 Å². The molecule has 0 aromatic carbocycles. The minimum Gasteiger partial charge on any atom is -0.495 e. The van der Waals surface area contributed by atoms with Crippen LogP contribution in [0.1, 0.15) is 25.3 Å². The SMILES string of the molecule is COc1cnc(N)c(C(C)C)c1. The van der Waals surface area contributed by atoms with Gasteiger partial charge < -0.3 is 10.5 Å². The Morgan fingerprint density at radius 3 is 2.67 bits per heavy atom. The van der Waals surface area contributed by atoms with E-state index in [-0.39, 0.29) is 0 Å². The molecule has 12 heavy (non-hydrogen) atoms. The Labute approximate surface area is 72.6 Å². The predicted octanol–water partition coefficient (Wildman–Crippen LogP) is 1.80. The average molecular weight is 166 g/mol. The Hall–Kier alpha value is -1.25. The molecule has 3 heteroatoms. The van der Waals surface area contributed by atoms with Gasteiger partial charge in [0.05, 0.1) is 13.3 Å². The fourth-order valence-corrected chi connectivity index (χ4v) is 1.05. The van der Waals surface area contributed by atoms with Crippen LogP contribution in [0.25, 0.3) is 0 Å². The Morgan fingerprint density at radius 2 is 2.17 bits per heavy atom. The summed E-state index contributed by atoms with van der Waals surface area (Å²) >= 11 is 0. The number of aromatic nitrogens is 1. The Bertz CT molecular complexity index is 271. The molecule has 0 bridgehead atoms. The third kappa shape index (κ3) is 1.67. The summed E-state index contributed by atoms with van der Waals surface area (Å²) in [6.45, 7) is 4.15. The fourth-order valence-electron chi connectivity index (χ4n) is 1.05. The number of hydrogen-bond acceptors (Lipinski definition) is 3. The summed E-state index contributed by atoms with van der Waals surface area (Å²) < 4.78 is 5.04. The van der Waals surface area contributed by atoms with E-state index in [0.29, 0.717) is 11.7 Å². The molecule has 0 unspecified atom stereocenters. The number of anilines is 1. The molecule has 66 valence electrons. The molecule has 0 aliphatic rings. The minimum absolute atomic E-state index is 0.382. The predicted molar refractivity (Wildman–Crippen MR) is 49.3 cm³/mol. The number of rotatable bonds is 2. The number of nitrogens with two attached hydrogens (primary N) is 1. The average Bonchev–Trinajstić information content (AvgIpc) is 2.05. The van der Waals surface area contributed by atoms with Crippen LogP contribution in [0.3, 0.4) is 0 Å². The maximum Gasteiger partial charge on any atom is 0.137 e. The Kier molecular flexibility index (Phi) is 2.53. The van der Waals surface area contributed by atoms with Gasteiger partial charge in [-0.25, -0.2) is 4.98 Å². The van der Waals surface area contributed by atoms with Gasteiger partial charge in [-0.05, 0) is 12.0 Å². The molecule has 0 fully saturated rings. The van der Waals surface area contributed by atoms with Crippen molar-refractivity contribution >= 4 is 5.82 Å². The van der Waals surface area contributed by atoms with Gasteiger partial charge in [-0.2, -0.15) is 0 Å². The van der Waals surface area contributed by atoms with Gasteiger partial charge in [0.15, 0.2) is 0 Å². The summed E-state index contributed by atoms with van der Waals surface area (Å²) in [4.78, 5) is 4.02. The van der Waals surface area contributed by atoms with Crippen LogP contribution in [-0.2, 0) is 0 Å². The zero-order chi connectivity index (χ0) is 9.14. The van der Waals surface area contributed by atoms with Crippen LogP contribution in [0.2, 0.25) is 0 Å². The first-order valence-electron chi connectivity index (χ1n) is 3.94. The molecular weight excluding hydrogens is 152 g/mol. The van der Waals surface area contributed by atoms with Crippen LogP contribution < -0.4 is 10.5 Å². The first-order valence-corrected chi connectivity index (χ1v) is 3.94. The van der Waals surface area contributed by atoms with Crippen molar-refractivity contribution < 1.29 is 4.74 Å². The van der Waals surface area contributed by atoms with Crippen LogP contribution >= 0.6 is 0 Å². The first-order chi connectivity index (χ1) is 5.65. The van der Waals surface area contributed by atoms with E-state index < -0.39 is 0 Å². The summed E-state index contributed by atoms with van der Waals surface area (Å²) in [5, 5.41) is 0. The lowest BCUT2D eigenvalue weighted by Crippen LogP contribution is -2.00. The van der Waals surface area contributed by atoms with Crippen LogP contribution in [0.5, 0.6) is 5.75 Å². The monoisotopic (exact) mass is 166 g/mol. The van der Waals surface area contributed by atoms with Crippen molar-refractivity contribution in [3.8, 4) is 5.75 Å². The maximum absolute atomic E-state index is 5.68. The van der Waals surface area contributed by atoms with Gasteiger partial charge in [0.2, 0.25) is 0 Å². The summed E-state index contributed by atoms with van der Waals surface area (Å²) in [6.07, 6.45) is 1.63. The highest BCUT2D eigenvalue weighted by molar-refractivity contribution is 5.44. The number of pyridine rings is 1. The molecule has 1 heterocycles. The molecule has 0 amide bonds. The molecule has 2 N–H and O–H groups in total. The quantitative estimate of drug-likeness (QED) is 0.728. The molecule has 1 aromatic heterocycles. The molecule has 3 nitrogen and oxygen atoms in total. The minimum atomic E-state index is 0.382. The van der Waals surface area contributed by atoms with Gasteiger partial charge in [-0.15, -0.1) is 0 Å². The zero-order valence-electron chi connectivity index (χ0n) is 7.66. The van der Waals surface area contributed by atoms with Crippen molar-refractivity contribution in [3.63, 3.8) is 0 Å². The summed E-state index contributed by atoms with van der Waals surface area (Å²) in [5.41, 5.74) is 6.71. The fraction of sp³-hybridized carbons (Fsp3) is 0.444. The van der Waals surface area contributed by atoms with Gasteiger partial charge in [-0.1, -0.05) is 13.8 Å². The van der Waals surface area contributed by atoms with Crippen LogP contribution in [0.15, 0.2) is 12.3 Å². The third-order valence-corrected chi connectivity index (χ3v) is 1.78. The van der Waals surface area contributed by atoms with Crippen molar-refractivity contribution in [2.75, 3.05) is 12.8 Å². The number of hydrogen-bond donors (Lipinski definition) is 1. The van der Waals surface area contributed by atoms with E-state index in [1.165, 1.54) is 0 Å². The summed E-state index contributed by atoms with van der Waals surface area (Å²) in [7, 11) is 1.62. The van der Waals surface area contributed by atoms with Gasteiger partial charge >= 0.3 is 0 Å². The maximum atomic E-state index is 5.68. The third-order valence-electron chi connectivity index (χ3n) is 1.78. The lowest BCUT2D eigenvalue weighted by atomic mass is 10.0. The van der Waals surface area contributed by atoms with E-state index >= 15 is 0 Å². The largest absolute Gasteiger partial charge is 0.495 e. The van der Waals surface area contributed by atoms with Gasteiger partial charge in [0, 0.05) is 5.56 Å². The number of methoxy groups -OCH3 is 1. The molecule has 1 aromatic rings. The van der Waals surface area contributed by atoms with Gasteiger partial charge in [0.1, 0.15) is 11.6 Å². The van der Waals surface area contributed by atoms with Crippen LogP contribution in [0, 0.1) is 0 Å². The molecular formula is C9H14N2O. The van der Waals surface area contributed by atoms with Crippen molar-refractivity contribution in [1.29, 1.82) is 0 Å². The van der Waals surface area contributed by atoms with E-state index in [9.17, 15) is 0 Å². The smallest absolute Gasteiger partial charge is 0.137 e. The van der Waals surface area contributed by atoms with Crippen molar-refractivity contribution in [2.24, 2.45) is 0 Å². The molecule has 0 aliphatic heterocycles. The molecule has 1 rings (SSSR count). The summed E-state index contributed by atoms with van der Waals surface area (Å²) in [6, 6.07) is 1.92. The molecule has 0 saturated carbocycles. The molecule has 0 spiro atoms. The number of ether oxygens (including phenoxy) is 1. The molecule has 0 saturated heterocycles. The second kappa shape index (κ2) is 3.43. The highest BCUT2D eigenvalue weighted by Gasteiger charge is 2.06. The lowest BCUT2D eigenvalue weighted by molar-refractivity contribution is 0.412. The Balaban J connectivity index is 3.08. The number of nitrogens with zero attached hydrogens (tertiary/aromatic N) is 1. The van der Waals surface area contributed by atoms with Gasteiger partial charge in [-0.3, -0.25) is 0 Å². The Morgan fingerprint density at radius 1 is 1.50 bits per heavy atom. The van der Waals surface area contributed by atoms with E-state index in [4.69, 9.17) is 10.5 Å². The second-order valence-corrected chi connectivity index (χ2v) is 3.00. The summed E-state index contributed by atoms with van der Waals surface area (Å²) in [5.74, 6) is 1.73. The number of nitrogen functional groups attached to an aromatic ring is 1. The zero-order valence-corrected chi connectivity index (χ0v) is 7.66. The van der Waals surface area contributed by atoms with Crippen LogP contribution in [-0.4, -0.2) is 12.1 Å². The van der Waals surface area contributed by atoms with Crippen molar-refractivity contribution in [3.05, 3.63) is 17.8 Å². The highest BCUT2D eigenvalue weighted by Crippen LogP contribution is 2.23. The van der Waals surface area contributed by atoms with Gasteiger partial charge in [0.25, 0.3) is 0 Å². The second-order valence-electron chi connectivity index (χ2n) is 3.00. The molecule has 0 radical (unpaired) electrons. The first kappa shape index (κ1) is 8.84. The van der Waals surface area contributed by atoms with E-state index in [1.807, 2.05) is 6.07 Å². The molecule has 0 aliphatic carbocycles. The normalized spacial score (nSPS) is 10.3. The van der Waals surface area contributed by atoms with Crippen molar-refractivity contribution in [1.82, 2.24) is 4.98 Å². The standard InChI is InChI=1S/C9H14N2O/c1-6(2)8-4-7(12-3)5-11-9(8)10/h4-6H,1-3H3,(H2,10,11). The van der Waals surface area contributed by atoms with Crippen LogP contribution in [0.4, 0.5) is 5.82 Å². The lowest BCUT2D eigenvalue weighted by Gasteiger charge is -2.09.